The molecule has 1 aliphatic heterocycles. The van der Waals surface area contributed by atoms with Crippen molar-refractivity contribution in [3.63, 3.8) is 0 Å². The Morgan fingerprint density at radius 3 is 2.07 bits per heavy atom. The van der Waals surface area contributed by atoms with Crippen molar-refractivity contribution in [1.29, 1.82) is 0 Å². The molecule has 3 atom stereocenters. The smallest absolute Gasteiger partial charge is 0.236 e. The monoisotopic (exact) mass is 261 g/mol. The summed E-state index contributed by atoms with van der Waals surface area (Å²) in [4.78, 5) is 13.9. The number of likely N-dealkylation sites (tertiary alicyclic amines) is 1. The van der Waals surface area contributed by atoms with Crippen molar-refractivity contribution in [2.75, 3.05) is 13.1 Å². The van der Waals surface area contributed by atoms with Gasteiger partial charge in [-0.05, 0) is 17.8 Å². The van der Waals surface area contributed by atoms with Crippen molar-refractivity contribution < 1.29 is 4.79 Å². The maximum Gasteiger partial charge on any atom is 0.236 e. The van der Waals surface area contributed by atoms with E-state index in [1.165, 1.54) is 0 Å². The Kier molecular flexibility index (Phi) is 3.99. The number of hydrogen-bond donors (Lipinski definition) is 0. The molecule has 0 radical (unpaired) electrons. The molecule has 1 heterocycles. The van der Waals surface area contributed by atoms with Gasteiger partial charge in [0.25, 0.3) is 0 Å². The van der Waals surface area contributed by atoms with Crippen LogP contribution in [-0.2, 0) is 4.79 Å². The van der Waals surface area contributed by atoms with Crippen LogP contribution in [0.25, 0.3) is 0 Å². The third-order valence-electron chi connectivity index (χ3n) is 3.12. The van der Waals surface area contributed by atoms with Crippen LogP contribution in [0.3, 0.4) is 0 Å². The van der Waals surface area contributed by atoms with Crippen LogP contribution in [0.1, 0.15) is 27.7 Å². The first-order valence-corrected chi connectivity index (χ1v) is 6.28. The van der Waals surface area contributed by atoms with E-state index in [4.69, 9.17) is 0 Å². The fourth-order valence-electron chi connectivity index (χ4n) is 1.77. The normalized spacial score (nSPS) is 29.7. The van der Waals surface area contributed by atoms with Crippen LogP contribution in [0, 0.1) is 17.8 Å². The molecule has 14 heavy (non-hydrogen) atoms. The molecule has 3 unspecified atom stereocenters. The lowest BCUT2D eigenvalue weighted by Crippen LogP contribution is -2.37. The highest BCUT2D eigenvalue weighted by molar-refractivity contribution is 9.10. The van der Waals surface area contributed by atoms with Crippen molar-refractivity contribution in [1.82, 2.24) is 4.90 Å². The van der Waals surface area contributed by atoms with Gasteiger partial charge in [-0.3, -0.25) is 4.79 Å². The fourth-order valence-corrected chi connectivity index (χ4v) is 2.06. The number of halogens is 1. The molecule has 0 aromatic heterocycles. The second-order valence-electron chi connectivity index (χ2n) is 4.84. The number of alkyl halides is 1. The highest BCUT2D eigenvalue weighted by Crippen LogP contribution is 2.25. The van der Waals surface area contributed by atoms with Crippen LogP contribution < -0.4 is 0 Å². The van der Waals surface area contributed by atoms with Gasteiger partial charge in [-0.2, -0.15) is 0 Å². The summed E-state index contributed by atoms with van der Waals surface area (Å²) in [6.45, 7) is 10.4. The Balaban J connectivity index is 2.55. The summed E-state index contributed by atoms with van der Waals surface area (Å²) in [6, 6.07) is 0. The molecule has 3 heteroatoms. The van der Waals surface area contributed by atoms with Gasteiger partial charge >= 0.3 is 0 Å². The van der Waals surface area contributed by atoms with E-state index >= 15 is 0 Å². The Morgan fingerprint density at radius 1 is 1.29 bits per heavy atom. The number of nitrogens with zero attached hydrogens (tertiary/aromatic N) is 1. The van der Waals surface area contributed by atoms with Crippen LogP contribution in [0.4, 0.5) is 0 Å². The largest absolute Gasteiger partial charge is 0.341 e. The van der Waals surface area contributed by atoms with Crippen molar-refractivity contribution >= 4 is 21.8 Å². The molecule has 82 valence electrons. The van der Waals surface area contributed by atoms with Gasteiger partial charge in [0.15, 0.2) is 0 Å². The van der Waals surface area contributed by atoms with Gasteiger partial charge in [-0.1, -0.05) is 43.6 Å². The van der Waals surface area contributed by atoms with Gasteiger partial charge in [0.2, 0.25) is 5.91 Å². The van der Waals surface area contributed by atoms with E-state index in [0.29, 0.717) is 17.8 Å². The third-order valence-corrected chi connectivity index (χ3v) is 4.57. The summed E-state index contributed by atoms with van der Waals surface area (Å²) < 4.78 is 0. The SMILES string of the molecule is CC(C)C(Br)C(=O)N1CC(C)C(C)C1. The molecule has 0 saturated carbocycles. The van der Waals surface area contributed by atoms with E-state index in [9.17, 15) is 4.79 Å². The summed E-state index contributed by atoms with van der Waals surface area (Å²) in [7, 11) is 0. The van der Waals surface area contributed by atoms with E-state index < -0.39 is 0 Å². The lowest BCUT2D eigenvalue weighted by Gasteiger charge is -2.21. The average Bonchev–Trinajstić information content (AvgIpc) is 2.44. The van der Waals surface area contributed by atoms with E-state index in [1.807, 2.05) is 4.90 Å². The summed E-state index contributed by atoms with van der Waals surface area (Å²) in [5.74, 6) is 1.92. The van der Waals surface area contributed by atoms with Gasteiger partial charge in [0.1, 0.15) is 0 Å². The Hall–Kier alpha value is -0.0500. The van der Waals surface area contributed by atoms with E-state index in [1.54, 1.807) is 0 Å². The zero-order valence-electron chi connectivity index (χ0n) is 9.46. The van der Waals surface area contributed by atoms with Gasteiger partial charge in [0.05, 0.1) is 4.83 Å². The van der Waals surface area contributed by atoms with E-state index in [2.05, 4.69) is 43.6 Å². The van der Waals surface area contributed by atoms with Crippen LogP contribution in [0.5, 0.6) is 0 Å². The summed E-state index contributed by atoms with van der Waals surface area (Å²) in [5, 5.41) is 0. The highest BCUT2D eigenvalue weighted by Gasteiger charge is 2.32. The Labute approximate surface area is 95.2 Å². The zero-order valence-corrected chi connectivity index (χ0v) is 11.0. The van der Waals surface area contributed by atoms with Gasteiger partial charge in [-0.25, -0.2) is 0 Å². The molecule has 0 aromatic carbocycles. The van der Waals surface area contributed by atoms with E-state index in [-0.39, 0.29) is 10.7 Å². The van der Waals surface area contributed by atoms with Crippen molar-refractivity contribution in [2.45, 2.75) is 32.5 Å². The number of amides is 1. The number of carbonyl (C=O) groups is 1. The first-order chi connectivity index (χ1) is 6.43. The van der Waals surface area contributed by atoms with E-state index in [0.717, 1.165) is 13.1 Å². The minimum absolute atomic E-state index is 0.0139. The summed E-state index contributed by atoms with van der Waals surface area (Å²) in [6.07, 6.45) is 0. The first kappa shape index (κ1) is 12.0. The van der Waals surface area contributed by atoms with Crippen molar-refractivity contribution in [3.8, 4) is 0 Å². The first-order valence-electron chi connectivity index (χ1n) is 5.36. The summed E-state index contributed by atoms with van der Waals surface area (Å²) in [5.41, 5.74) is 0. The predicted molar refractivity (Wildman–Crippen MR) is 62.5 cm³/mol. The molecule has 0 N–H and O–H groups in total. The van der Waals surface area contributed by atoms with Crippen molar-refractivity contribution in [2.24, 2.45) is 17.8 Å². The maximum absolute atomic E-state index is 12.0. The lowest BCUT2D eigenvalue weighted by atomic mass is 10.0. The predicted octanol–water partition coefficient (Wildman–Crippen LogP) is 2.52. The lowest BCUT2D eigenvalue weighted by molar-refractivity contribution is -0.130. The molecule has 2 nitrogen and oxygen atoms in total. The minimum Gasteiger partial charge on any atom is -0.341 e. The molecule has 0 spiro atoms. The fraction of sp³-hybridized carbons (Fsp3) is 0.909. The number of carbonyl (C=O) groups excluding carboxylic acids is 1. The Bertz CT molecular complexity index is 207. The standard InChI is InChI=1S/C11H20BrNO/c1-7(2)10(12)11(14)13-5-8(3)9(4)6-13/h7-10H,5-6H2,1-4H3. The van der Waals surface area contributed by atoms with Crippen LogP contribution in [-0.4, -0.2) is 28.7 Å². The topological polar surface area (TPSA) is 20.3 Å². The molecular weight excluding hydrogens is 242 g/mol. The van der Waals surface area contributed by atoms with Gasteiger partial charge in [0, 0.05) is 13.1 Å². The van der Waals surface area contributed by atoms with Crippen LogP contribution >= 0.6 is 15.9 Å². The molecule has 1 saturated heterocycles. The maximum atomic E-state index is 12.0. The summed E-state index contributed by atoms with van der Waals surface area (Å²) >= 11 is 3.47. The molecule has 1 fully saturated rings. The van der Waals surface area contributed by atoms with Crippen molar-refractivity contribution in [3.05, 3.63) is 0 Å². The van der Waals surface area contributed by atoms with Crippen LogP contribution in [0.15, 0.2) is 0 Å². The zero-order chi connectivity index (χ0) is 10.9. The van der Waals surface area contributed by atoms with Gasteiger partial charge in [-0.15, -0.1) is 0 Å². The highest BCUT2D eigenvalue weighted by atomic mass is 79.9. The molecule has 0 aliphatic carbocycles. The quantitative estimate of drug-likeness (QED) is 0.700. The van der Waals surface area contributed by atoms with Crippen LogP contribution in [0.2, 0.25) is 0 Å². The minimum atomic E-state index is -0.0139. The Morgan fingerprint density at radius 2 is 1.71 bits per heavy atom. The van der Waals surface area contributed by atoms with Gasteiger partial charge < -0.3 is 4.90 Å². The second kappa shape index (κ2) is 4.65. The molecule has 1 amide bonds. The molecule has 0 bridgehead atoms. The average molecular weight is 262 g/mol. The molecule has 0 aromatic rings. The molecule has 1 rings (SSSR count). The third kappa shape index (κ3) is 2.50. The number of rotatable bonds is 2. The number of hydrogen-bond acceptors (Lipinski definition) is 1. The molecular formula is C11H20BrNO. The second-order valence-corrected chi connectivity index (χ2v) is 5.83. The molecule has 1 aliphatic rings.